The van der Waals surface area contributed by atoms with Gasteiger partial charge in [0.1, 0.15) is 0 Å². The first-order valence-electron chi connectivity index (χ1n) is 27.7. The monoisotopic (exact) mass is 1050 g/mol. The van der Waals surface area contributed by atoms with Crippen LogP contribution in [0.1, 0.15) is 72.2 Å². The molecule has 1 aliphatic heterocycles. The van der Waals surface area contributed by atoms with Crippen LogP contribution in [0.15, 0.2) is 271 Å². The van der Waals surface area contributed by atoms with Crippen LogP contribution in [0.3, 0.4) is 0 Å². The van der Waals surface area contributed by atoms with Crippen LogP contribution in [0.5, 0.6) is 0 Å². The second kappa shape index (κ2) is 19.8. The number of rotatable bonds is 11. The summed E-state index contributed by atoms with van der Waals surface area (Å²) < 4.78 is 0. The van der Waals surface area contributed by atoms with Crippen LogP contribution < -0.4 is 14.7 Å². The van der Waals surface area contributed by atoms with Crippen LogP contribution >= 0.6 is 11.8 Å². The topological polar surface area (TPSA) is 9.72 Å². The van der Waals surface area contributed by atoms with E-state index in [2.05, 4.69) is 328 Å². The highest BCUT2D eigenvalue weighted by atomic mass is 32.2. The number of hydrogen-bond donors (Lipinski definition) is 0. The molecule has 0 spiro atoms. The molecule has 0 N–H and O–H groups in total. The number of para-hydroxylation sites is 5. The molecular weight excluding hydrogens is 987 g/mol. The SMILES string of the molecule is CC1(C)c2cc(/C=C/c3ccc4c(c3)N(c3ccccc3)c3cc(/C=C/c5ccc6c(c5)C(C)(C)c5cc(N(c7ccccc7)c7ccccc7)ccc5-6)ccc3S4)ccc2-c2ccc(N(c3ccccc3)c3ccccc3)cc21. The van der Waals surface area contributed by atoms with Crippen molar-refractivity contribution >= 4 is 87.3 Å². The minimum absolute atomic E-state index is 0.185. The number of benzene rings is 11. The van der Waals surface area contributed by atoms with Gasteiger partial charge in [-0.25, -0.2) is 0 Å². The van der Waals surface area contributed by atoms with Gasteiger partial charge >= 0.3 is 0 Å². The third-order valence-corrected chi connectivity index (χ3v) is 17.7. The fraction of sp³-hybridized carbons (Fsp3) is 0.0789. The van der Waals surface area contributed by atoms with Crippen LogP contribution in [0.4, 0.5) is 51.2 Å². The Morgan fingerprint density at radius 1 is 0.300 bits per heavy atom. The molecule has 80 heavy (non-hydrogen) atoms. The summed E-state index contributed by atoms with van der Waals surface area (Å²) >= 11 is 1.85. The second-order valence-electron chi connectivity index (χ2n) is 22.2. The summed E-state index contributed by atoms with van der Waals surface area (Å²) in [4.78, 5) is 9.62. The molecule has 0 aromatic heterocycles. The highest BCUT2D eigenvalue weighted by Gasteiger charge is 2.38. The highest BCUT2D eigenvalue weighted by Crippen LogP contribution is 2.55. The summed E-state index contributed by atoms with van der Waals surface area (Å²) in [6.45, 7) is 9.49. The smallest absolute Gasteiger partial charge is 0.0607 e. The maximum absolute atomic E-state index is 2.44. The summed E-state index contributed by atoms with van der Waals surface area (Å²) in [5, 5.41) is 0. The van der Waals surface area contributed by atoms with Crippen molar-refractivity contribution in [2.45, 2.75) is 48.3 Å². The van der Waals surface area contributed by atoms with Crippen LogP contribution in [-0.2, 0) is 10.8 Å². The fourth-order valence-electron chi connectivity index (χ4n) is 12.5. The molecule has 384 valence electrons. The highest BCUT2D eigenvalue weighted by molar-refractivity contribution is 7.99. The molecular formula is C76H59N3S. The average molecular weight is 1050 g/mol. The van der Waals surface area contributed by atoms with Crippen LogP contribution in [-0.4, -0.2) is 0 Å². The van der Waals surface area contributed by atoms with Crippen LogP contribution in [0.2, 0.25) is 0 Å². The van der Waals surface area contributed by atoms with E-state index in [0.717, 1.165) is 50.9 Å². The summed E-state index contributed by atoms with van der Waals surface area (Å²) in [5.41, 5.74) is 25.3. The Balaban J connectivity index is 0.734. The molecule has 3 aliphatic rings. The number of nitrogens with zero attached hydrogens (tertiary/aromatic N) is 3. The molecule has 3 nitrogen and oxygen atoms in total. The lowest BCUT2D eigenvalue weighted by Gasteiger charge is -2.33. The van der Waals surface area contributed by atoms with Gasteiger partial charge in [-0.1, -0.05) is 215 Å². The van der Waals surface area contributed by atoms with Crippen molar-refractivity contribution < 1.29 is 0 Å². The van der Waals surface area contributed by atoms with Crippen molar-refractivity contribution in [2.75, 3.05) is 14.7 Å². The van der Waals surface area contributed by atoms with Crippen molar-refractivity contribution in [2.24, 2.45) is 0 Å². The van der Waals surface area contributed by atoms with Crippen molar-refractivity contribution in [3.05, 3.63) is 305 Å². The van der Waals surface area contributed by atoms with Crippen molar-refractivity contribution in [3.8, 4) is 22.3 Å². The van der Waals surface area contributed by atoms with Crippen molar-refractivity contribution in [3.63, 3.8) is 0 Å². The predicted molar refractivity (Wildman–Crippen MR) is 340 cm³/mol. The zero-order valence-corrected chi connectivity index (χ0v) is 46.2. The van der Waals surface area contributed by atoms with Gasteiger partial charge in [-0.15, -0.1) is 0 Å². The maximum atomic E-state index is 2.44. The Hall–Kier alpha value is -9.35. The van der Waals surface area contributed by atoms with E-state index in [0.29, 0.717) is 0 Å². The third-order valence-electron chi connectivity index (χ3n) is 16.6. The molecule has 0 saturated carbocycles. The van der Waals surface area contributed by atoms with Gasteiger partial charge in [-0.05, 0) is 176 Å². The molecule has 0 fully saturated rings. The summed E-state index contributed by atoms with van der Waals surface area (Å²) in [6.07, 6.45) is 9.10. The number of anilines is 9. The summed E-state index contributed by atoms with van der Waals surface area (Å²) in [5.74, 6) is 0. The van der Waals surface area contributed by atoms with Crippen molar-refractivity contribution in [1.29, 1.82) is 0 Å². The maximum Gasteiger partial charge on any atom is 0.0607 e. The van der Waals surface area contributed by atoms with E-state index in [1.165, 1.54) is 76.8 Å². The lowest BCUT2D eigenvalue weighted by Crippen LogP contribution is -2.16. The average Bonchev–Trinajstić information content (AvgIpc) is 3.93. The van der Waals surface area contributed by atoms with E-state index in [1.807, 2.05) is 11.8 Å². The first-order chi connectivity index (χ1) is 39.2. The number of fused-ring (bicyclic) bond motifs is 8. The van der Waals surface area contributed by atoms with Gasteiger partial charge in [0.15, 0.2) is 0 Å². The molecule has 0 atom stereocenters. The quantitative estimate of drug-likeness (QED) is 0.119. The van der Waals surface area contributed by atoms with E-state index in [4.69, 9.17) is 0 Å². The molecule has 0 bridgehead atoms. The second-order valence-corrected chi connectivity index (χ2v) is 23.3. The molecule has 0 saturated heterocycles. The zero-order valence-electron chi connectivity index (χ0n) is 45.4. The molecule has 0 unspecified atom stereocenters. The lowest BCUT2D eigenvalue weighted by molar-refractivity contribution is 0.660. The van der Waals surface area contributed by atoms with Gasteiger partial charge in [-0.2, -0.15) is 0 Å². The summed E-state index contributed by atoms with van der Waals surface area (Å²) in [7, 11) is 0. The molecule has 14 rings (SSSR count). The Kier molecular flexibility index (Phi) is 12.1. The van der Waals surface area contributed by atoms with E-state index < -0.39 is 0 Å². The van der Waals surface area contributed by atoms with Gasteiger partial charge in [0.25, 0.3) is 0 Å². The van der Waals surface area contributed by atoms with Gasteiger partial charge in [-0.3, -0.25) is 0 Å². The molecule has 0 radical (unpaired) electrons. The minimum atomic E-state index is -0.185. The molecule has 4 heteroatoms. The van der Waals surface area contributed by atoms with E-state index in [1.54, 1.807) is 0 Å². The molecule has 0 amide bonds. The minimum Gasteiger partial charge on any atom is -0.310 e. The number of hydrogen-bond acceptors (Lipinski definition) is 4. The standard InChI is InChI=1S/C76H59N3S/c1-75(2)67-46-52(34-40-63(67)65-42-38-61(50-69(65)75)77(56-20-10-5-11-21-56)57-22-12-6-13-23-57)30-32-54-36-44-73-71(48-54)79(60-28-18-9-19-29-60)72-49-55(37-45-74(72)80-73)33-31-53-35-41-64-66-43-39-62(51-70(66)76(3,4)68(64)47-53)78(58-24-14-7-15-25-58)59-26-16-8-17-27-59/h5-51H,1-4H3/b32-30+,33-31+. The first-order valence-corrected chi connectivity index (χ1v) is 28.5. The van der Waals surface area contributed by atoms with Gasteiger partial charge in [0.2, 0.25) is 0 Å². The van der Waals surface area contributed by atoms with Crippen LogP contribution in [0, 0.1) is 0 Å². The third kappa shape index (κ3) is 8.64. The van der Waals surface area contributed by atoms with Gasteiger partial charge in [0, 0.05) is 60.4 Å². The van der Waals surface area contributed by atoms with Crippen LogP contribution in [0.25, 0.3) is 46.6 Å². The fourth-order valence-corrected chi connectivity index (χ4v) is 13.5. The van der Waals surface area contributed by atoms with Gasteiger partial charge in [0.05, 0.1) is 11.4 Å². The Morgan fingerprint density at radius 3 is 0.963 bits per heavy atom. The van der Waals surface area contributed by atoms with E-state index in [-0.39, 0.29) is 10.8 Å². The zero-order chi connectivity index (χ0) is 54.0. The molecule has 1 heterocycles. The Labute approximate surface area is 475 Å². The Morgan fingerprint density at radius 2 is 0.600 bits per heavy atom. The largest absolute Gasteiger partial charge is 0.310 e. The first kappa shape index (κ1) is 49.0. The molecule has 11 aromatic rings. The Bertz CT molecular complexity index is 3870. The normalized spacial score (nSPS) is 14.0. The molecule has 2 aliphatic carbocycles. The van der Waals surface area contributed by atoms with Gasteiger partial charge < -0.3 is 14.7 Å². The van der Waals surface area contributed by atoms with Crippen molar-refractivity contribution in [1.82, 2.24) is 0 Å². The predicted octanol–water partition coefficient (Wildman–Crippen LogP) is 21.5. The lowest BCUT2D eigenvalue weighted by atomic mass is 9.81. The van der Waals surface area contributed by atoms with E-state index in [9.17, 15) is 0 Å². The molecule has 11 aromatic carbocycles. The van der Waals surface area contributed by atoms with E-state index >= 15 is 0 Å². The summed E-state index contributed by atoms with van der Waals surface area (Å²) in [6, 6.07) is 95.3.